The van der Waals surface area contributed by atoms with E-state index in [1.54, 1.807) is 0 Å². The summed E-state index contributed by atoms with van der Waals surface area (Å²) < 4.78 is 0. The summed E-state index contributed by atoms with van der Waals surface area (Å²) in [6.45, 7) is 4.15. The van der Waals surface area contributed by atoms with Crippen LogP contribution in [0.2, 0.25) is 0 Å². The first kappa shape index (κ1) is 13.4. The Kier molecular flexibility index (Phi) is 4.51. The molecule has 1 heterocycles. The Morgan fingerprint density at radius 2 is 1.94 bits per heavy atom. The van der Waals surface area contributed by atoms with Gasteiger partial charge in [-0.1, -0.05) is 48.5 Å². The number of nitrogens with zero attached hydrogens (tertiary/aromatic N) is 1. The largest absolute Gasteiger partial charge is 0.342 e. The lowest BCUT2D eigenvalue weighted by molar-refractivity contribution is -0.129. The van der Waals surface area contributed by atoms with Gasteiger partial charge in [0.1, 0.15) is 0 Å². The maximum absolute atomic E-state index is 11.9. The van der Waals surface area contributed by atoms with Gasteiger partial charge in [-0.15, -0.1) is 0 Å². The van der Waals surface area contributed by atoms with Crippen molar-refractivity contribution in [1.29, 1.82) is 0 Å². The molecular formula is C14H24BrNO. The van der Waals surface area contributed by atoms with E-state index >= 15 is 0 Å². The van der Waals surface area contributed by atoms with E-state index in [2.05, 4.69) is 27.8 Å². The minimum atomic E-state index is 0.357. The number of likely N-dealkylation sites (tertiary alicyclic amines) is 1. The Bertz CT molecular complexity index is 271. The fraction of sp³-hybridized carbons (Fsp3) is 0.929. The van der Waals surface area contributed by atoms with Crippen molar-refractivity contribution in [3.63, 3.8) is 0 Å². The maximum atomic E-state index is 11.9. The highest BCUT2D eigenvalue weighted by Gasteiger charge is 2.36. The molecule has 1 aliphatic heterocycles. The number of halogens is 1. The zero-order chi connectivity index (χ0) is 12.3. The Balaban J connectivity index is 2.00. The van der Waals surface area contributed by atoms with Gasteiger partial charge < -0.3 is 4.90 Å². The van der Waals surface area contributed by atoms with Crippen LogP contribution in [-0.2, 0) is 4.79 Å². The van der Waals surface area contributed by atoms with Gasteiger partial charge in [0.2, 0.25) is 5.91 Å². The number of carbonyl (C=O) groups excluding carboxylic acids is 1. The molecule has 1 amide bonds. The van der Waals surface area contributed by atoms with E-state index in [0.29, 0.717) is 17.2 Å². The van der Waals surface area contributed by atoms with Gasteiger partial charge in [0.15, 0.2) is 0 Å². The van der Waals surface area contributed by atoms with E-state index < -0.39 is 0 Å². The number of carbonyl (C=O) groups is 1. The molecule has 0 aromatic carbocycles. The monoisotopic (exact) mass is 301 g/mol. The highest BCUT2D eigenvalue weighted by atomic mass is 79.9. The van der Waals surface area contributed by atoms with Crippen LogP contribution in [0.4, 0.5) is 0 Å². The Morgan fingerprint density at radius 3 is 2.41 bits per heavy atom. The first-order valence-electron chi connectivity index (χ1n) is 6.99. The summed E-state index contributed by atoms with van der Waals surface area (Å²) in [5, 5.41) is 1.05. The molecule has 2 aliphatic rings. The summed E-state index contributed by atoms with van der Waals surface area (Å²) in [7, 11) is 0. The van der Waals surface area contributed by atoms with E-state index in [9.17, 15) is 4.79 Å². The second-order valence-electron chi connectivity index (χ2n) is 6.13. The first-order chi connectivity index (χ1) is 8.15. The van der Waals surface area contributed by atoms with Crippen LogP contribution in [0.15, 0.2) is 0 Å². The number of alkyl halides is 1. The molecule has 0 aromatic rings. The molecule has 98 valence electrons. The average Bonchev–Trinajstić information content (AvgIpc) is 2.54. The molecule has 0 bridgehead atoms. The third-order valence-electron chi connectivity index (χ3n) is 4.38. The lowest BCUT2D eigenvalue weighted by atomic mass is 9.82. The molecule has 1 saturated carbocycles. The standard InChI is InChI=1S/C14H24BrNO/c1-12-8-13(17)16(9-12)11-14(10-15)6-4-2-3-5-7-14/h12H,2-11H2,1H3. The van der Waals surface area contributed by atoms with Crippen molar-refractivity contribution in [1.82, 2.24) is 4.90 Å². The summed E-state index contributed by atoms with van der Waals surface area (Å²) >= 11 is 3.71. The molecule has 0 spiro atoms. The highest BCUT2D eigenvalue weighted by molar-refractivity contribution is 9.09. The molecule has 0 N–H and O–H groups in total. The van der Waals surface area contributed by atoms with Crippen molar-refractivity contribution >= 4 is 21.8 Å². The van der Waals surface area contributed by atoms with E-state index in [1.165, 1.54) is 38.5 Å². The van der Waals surface area contributed by atoms with E-state index in [-0.39, 0.29) is 0 Å². The van der Waals surface area contributed by atoms with Crippen LogP contribution in [0, 0.1) is 11.3 Å². The SMILES string of the molecule is CC1CC(=O)N(CC2(CBr)CCCCCC2)C1. The van der Waals surface area contributed by atoms with Crippen molar-refractivity contribution in [2.24, 2.45) is 11.3 Å². The molecule has 1 saturated heterocycles. The smallest absolute Gasteiger partial charge is 0.222 e. The molecular weight excluding hydrogens is 278 g/mol. The summed E-state index contributed by atoms with van der Waals surface area (Å²) in [5.74, 6) is 0.933. The Morgan fingerprint density at radius 1 is 1.29 bits per heavy atom. The van der Waals surface area contributed by atoms with Crippen molar-refractivity contribution in [3.8, 4) is 0 Å². The topological polar surface area (TPSA) is 20.3 Å². The highest BCUT2D eigenvalue weighted by Crippen LogP contribution is 2.38. The van der Waals surface area contributed by atoms with E-state index in [1.807, 2.05) is 0 Å². The van der Waals surface area contributed by atoms with Crippen LogP contribution in [0.5, 0.6) is 0 Å². The number of hydrogen-bond acceptors (Lipinski definition) is 1. The van der Waals surface area contributed by atoms with Gasteiger partial charge in [0.25, 0.3) is 0 Å². The molecule has 17 heavy (non-hydrogen) atoms. The molecule has 1 aliphatic carbocycles. The quantitative estimate of drug-likeness (QED) is 0.576. The molecule has 2 fully saturated rings. The predicted octanol–water partition coefficient (Wildman–Crippen LogP) is 3.59. The molecule has 0 radical (unpaired) electrons. The second-order valence-corrected chi connectivity index (χ2v) is 6.69. The van der Waals surface area contributed by atoms with Gasteiger partial charge in [0.05, 0.1) is 0 Å². The second kappa shape index (κ2) is 5.73. The van der Waals surface area contributed by atoms with E-state index in [4.69, 9.17) is 0 Å². The lowest BCUT2D eigenvalue weighted by Gasteiger charge is -2.35. The van der Waals surface area contributed by atoms with Crippen molar-refractivity contribution in [2.45, 2.75) is 51.9 Å². The van der Waals surface area contributed by atoms with Gasteiger partial charge in [-0.2, -0.15) is 0 Å². The van der Waals surface area contributed by atoms with Crippen LogP contribution in [0.1, 0.15) is 51.9 Å². The zero-order valence-corrected chi connectivity index (χ0v) is 12.5. The summed E-state index contributed by atoms with van der Waals surface area (Å²) in [6.07, 6.45) is 8.76. The van der Waals surface area contributed by atoms with E-state index in [0.717, 1.165) is 24.8 Å². The minimum absolute atomic E-state index is 0.357. The third kappa shape index (κ3) is 3.24. The van der Waals surface area contributed by atoms with Gasteiger partial charge in [0, 0.05) is 24.8 Å². The maximum Gasteiger partial charge on any atom is 0.222 e. The van der Waals surface area contributed by atoms with Gasteiger partial charge in [-0.3, -0.25) is 4.79 Å². The van der Waals surface area contributed by atoms with Crippen LogP contribution in [0.3, 0.4) is 0 Å². The third-order valence-corrected chi connectivity index (χ3v) is 5.57. The summed E-state index contributed by atoms with van der Waals surface area (Å²) in [4.78, 5) is 14.0. The van der Waals surface area contributed by atoms with Crippen LogP contribution < -0.4 is 0 Å². The minimum Gasteiger partial charge on any atom is -0.342 e. The van der Waals surface area contributed by atoms with Crippen LogP contribution >= 0.6 is 15.9 Å². The number of hydrogen-bond donors (Lipinski definition) is 0. The van der Waals surface area contributed by atoms with Crippen molar-refractivity contribution < 1.29 is 4.79 Å². The summed E-state index contributed by atoms with van der Waals surface area (Å²) in [6, 6.07) is 0. The van der Waals surface area contributed by atoms with Gasteiger partial charge in [-0.05, 0) is 24.2 Å². The fourth-order valence-electron chi connectivity index (χ4n) is 3.34. The normalized spacial score (nSPS) is 29.4. The molecule has 1 atom stereocenters. The Hall–Kier alpha value is -0.0500. The number of amides is 1. The zero-order valence-electron chi connectivity index (χ0n) is 10.9. The first-order valence-corrected chi connectivity index (χ1v) is 8.11. The average molecular weight is 302 g/mol. The summed E-state index contributed by atoms with van der Waals surface area (Å²) in [5.41, 5.74) is 0.357. The molecule has 2 rings (SSSR count). The fourth-order valence-corrected chi connectivity index (χ4v) is 4.08. The predicted molar refractivity (Wildman–Crippen MR) is 74.3 cm³/mol. The van der Waals surface area contributed by atoms with Crippen molar-refractivity contribution in [2.75, 3.05) is 18.4 Å². The Labute approximate surface area is 113 Å². The molecule has 1 unspecified atom stereocenters. The van der Waals surface area contributed by atoms with Crippen molar-refractivity contribution in [3.05, 3.63) is 0 Å². The van der Waals surface area contributed by atoms with Crippen LogP contribution in [-0.4, -0.2) is 29.2 Å². The molecule has 3 heteroatoms. The van der Waals surface area contributed by atoms with Crippen LogP contribution in [0.25, 0.3) is 0 Å². The number of rotatable bonds is 3. The molecule has 2 nitrogen and oxygen atoms in total. The van der Waals surface area contributed by atoms with Gasteiger partial charge >= 0.3 is 0 Å². The van der Waals surface area contributed by atoms with Gasteiger partial charge in [-0.25, -0.2) is 0 Å². The molecule has 0 aromatic heterocycles. The lowest BCUT2D eigenvalue weighted by Crippen LogP contribution is -2.39.